The Labute approximate surface area is 66.7 Å². The predicted molar refractivity (Wildman–Crippen MR) is 41.1 cm³/mol. The number of rotatable bonds is 4. The number of carbonyl (C=O) groups excluding carboxylic acids is 2. The van der Waals surface area contributed by atoms with Gasteiger partial charge in [-0.1, -0.05) is 13.8 Å². The molecule has 0 radical (unpaired) electrons. The zero-order valence-electron chi connectivity index (χ0n) is 7.22. The molecule has 0 aromatic rings. The van der Waals surface area contributed by atoms with E-state index in [9.17, 15) is 9.59 Å². The van der Waals surface area contributed by atoms with Crippen molar-refractivity contribution in [1.29, 1.82) is 0 Å². The molecule has 0 spiro atoms. The van der Waals surface area contributed by atoms with Gasteiger partial charge < -0.3 is 4.74 Å². The number of methoxy groups -OCH3 is 1. The molecule has 0 rings (SSSR count). The summed E-state index contributed by atoms with van der Waals surface area (Å²) in [7, 11) is 1.32. The monoisotopic (exact) mass is 158 g/mol. The topological polar surface area (TPSA) is 43.4 Å². The summed E-state index contributed by atoms with van der Waals surface area (Å²) in [5.74, 6) is -0.200. The molecule has 0 aromatic heterocycles. The molecule has 0 unspecified atom stereocenters. The summed E-state index contributed by atoms with van der Waals surface area (Å²) in [4.78, 5) is 21.5. The second kappa shape index (κ2) is 4.88. The predicted octanol–water partition coefficient (Wildman–Crippen LogP) is 1.16. The minimum Gasteiger partial charge on any atom is -0.469 e. The maximum atomic E-state index is 11.0. The highest BCUT2D eigenvalue weighted by atomic mass is 16.5. The second-order valence-corrected chi connectivity index (χ2v) is 2.70. The van der Waals surface area contributed by atoms with Crippen molar-refractivity contribution in [3.8, 4) is 0 Å². The van der Waals surface area contributed by atoms with Crippen LogP contribution in [-0.2, 0) is 14.3 Å². The number of carbonyl (C=O) groups is 2. The zero-order valence-corrected chi connectivity index (χ0v) is 7.22. The van der Waals surface area contributed by atoms with Gasteiger partial charge in [-0.25, -0.2) is 0 Å². The van der Waals surface area contributed by atoms with Crippen LogP contribution in [0.1, 0.15) is 26.7 Å². The Balaban J connectivity index is 3.54. The normalized spacial score (nSPS) is 9.82. The maximum absolute atomic E-state index is 11.0. The Bertz CT molecular complexity index is 149. The summed E-state index contributed by atoms with van der Waals surface area (Å²) in [6, 6.07) is 0. The molecule has 0 aliphatic heterocycles. The molecule has 0 saturated carbocycles. The minimum atomic E-state index is -0.320. The van der Waals surface area contributed by atoms with Gasteiger partial charge in [-0.15, -0.1) is 0 Å². The third-order valence-electron chi connectivity index (χ3n) is 1.45. The Hall–Kier alpha value is -0.860. The molecule has 0 amide bonds. The van der Waals surface area contributed by atoms with Crippen molar-refractivity contribution in [3.05, 3.63) is 0 Å². The average molecular weight is 158 g/mol. The lowest BCUT2D eigenvalue weighted by Crippen LogP contribution is -2.10. The number of hydrogen-bond donors (Lipinski definition) is 0. The van der Waals surface area contributed by atoms with Crippen LogP contribution >= 0.6 is 0 Å². The molecule has 0 heterocycles. The van der Waals surface area contributed by atoms with Crippen molar-refractivity contribution in [3.63, 3.8) is 0 Å². The summed E-state index contributed by atoms with van der Waals surface area (Å²) in [5, 5.41) is 0. The molecule has 3 nitrogen and oxygen atoms in total. The Morgan fingerprint density at radius 2 is 1.82 bits per heavy atom. The molecule has 0 aliphatic carbocycles. The number of ether oxygens (including phenoxy) is 1. The first-order valence-corrected chi connectivity index (χ1v) is 3.67. The fraction of sp³-hybridized carbons (Fsp3) is 0.750. The number of hydrogen-bond acceptors (Lipinski definition) is 3. The minimum absolute atomic E-state index is 0.0136. The van der Waals surface area contributed by atoms with Gasteiger partial charge in [0, 0.05) is 12.3 Å². The van der Waals surface area contributed by atoms with Crippen molar-refractivity contribution >= 4 is 11.8 Å². The van der Waals surface area contributed by atoms with E-state index in [1.807, 2.05) is 13.8 Å². The molecule has 64 valence electrons. The van der Waals surface area contributed by atoms with Crippen molar-refractivity contribution in [2.45, 2.75) is 26.7 Å². The van der Waals surface area contributed by atoms with E-state index in [4.69, 9.17) is 0 Å². The van der Waals surface area contributed by atoms with E-state index in [0.29, 0.717) is 6.42 Å². The zero-order chi connectivity index (χ0) is 8.85. The molecule has 0 N–H and O–H groups in total. The maximum Gasteiger partial charge on any atom is 0.305 e. The van der Waals surface area contributed by atoms with Crippen LogP contribution in [-0.4, -0.2) is 18.9 Å². The summed E-state index contributed by atoms with van der Waals surface area (Å²) in [6.45, 7) is 3.64. The number of esters is 1. The van der Waals surface area contributed by atoms with Crippen molar-refractivity contribution in [2.75, 3.05) is 7.11 Å². The third-order valence-corrected chi connectivity index (χ3v) is 1.45. The van der Waals surface area contributed by atoms with Crippen LogP contribution in [0.2, 0.25) is 0 Å². The van der Waals surface area contributed by atoms with Gasteiger partial charge in [0.2, 0.25) is 0 Å². The summed E-state index contributed by atoms with van der Waals surface area (Å²) < 4.78 is 4.39. The van der Waals surface area contributed by atoms with E-state index in [-0.39, 0.29) is 24.1 Å². The van der Waals surface area contributed by atoms with Gasteiger partial charge in [-0.2, -0.15) is 0 Å². The standard InChI is InChI=1S/C8H14O3/c1-6(2)7(9)4-5-8(10)11-3/h6H,4-5H2,1-3H3. The van der Waals surface area contributed by atoms with Crippen LogP contribution in [0.3, 0.4) is 0 Å². The molecule has 0 atom stereocenters. The van der Waals surface area contributed by atoms with Gasteiger partial charge in [-0.3, -0.25) is 9.59 Å². The van der Waals surface area contributed by atoms with E-state index in [0.717, 1.165) is 0 Å². The van der Waals surface area contributed by atoms with E-state index in [1.165, 1.54) is 7.11 Å². The highest BCUT2D eigenvalue weighted by molar-refractivity contribution is 5.84. The fourth-order valence-electron chi connectivity index (χ4n) is 0.616. The third kappa shape index (κ3) is 4.53. The molecular weight excluding hydrogens is 144 g/mol. The van der Waals surface area contributed by atoms with E-state index >= 15 is 0 Å². The van der Waals surface area contributed by atoms with E-state index in [2.05, 4.69) is 4.74 Å². The SMILES string of the molecule is COC(=O)CCC(=O)C(C)C. The molecule has 11 heavy (non-hydrogen) atoms. The lowest BCUT2D eigenvalue weighted by Gasteiger charge is -2.01. The largest absolute Gasteiger partial charge is 0.469 e. The smallest absolute Gasteiger partial charge is 0.305 e. The van der Waals surface area contributed by atoms with Crippen LogP contribution in [0, 0.1) is 5.92 Å². The lowest BCUT2D eigenvalue weighted by molar-refractivity contribution is -0.142. The molecule has 0 bridgehead atoms. The molecule has 0 aromatic carbocycles. The van der Waals surface area contributed by atoms with Crippen molar-refractivity contribution < 1.29 is 14.3 Å². The van der Waals surface area contributed by atoms with Crippen molar-refractivity contribution in [2.24, 2.45) is 5.92 Å². The van der Waals surface area contributed by atoms with Gasteiger partial charge in [-0.05, 0) is 0 Å². The molecule has 0 aliphatic rings. The molecule has 0 fully saturated rings. The van der Waals surface area contributed by atoms with Gasteiger partial charge in [0.1, 0.15) is 5.78 Å². The quantitative estimate of drug-likeness (QED) is 0.577. The highest BCUT2D eigenvalue weighted by Gasteiger charge is 2.09. The number of ketones is 1. The summed E-state index contributed by atoms with van der Waals surface area (Å²) in [6.07, 6.45) is 0.498. The Morgan fingerprint density at radius 3 is 2.18 bits per heavy atom. The second-order valence-electron chi connectivity index (χ2n) is 2.70. The van der Waals surface area contributed by atoms with Gasteiger partial charge in [0.15, 0.2) is 0 Å². The summed E-state index contributed by atoms with van der Waals surface area (Å²) in [5.41, 5.74) is 0. The average Bonchev–Trinajstić information content (AvgIpc) is 1.99. The van der Waals surface area contributed by atoms with Crippen LogP contribution < -0.4 is 0 Å². The van der Waals surface area contributed by atoms with E-state index in [1.54, 1.807) is 0 Å². The van der Waals surface area contributed by atoms with E-state index < -0.39 is 0 Å². The van der Waals surface area contributed by atoms with Gasteiger partial charge >= 0.3 is 5.97 Å². The fourth-order valence-corrected chi connectivity index (χ4v) is 0.616. The Morgan fingerprint density at radius 1 is 1.27 bits per heavy atom. The Kier molecular flexibility index (Phi) is 4.50. The van der Waals surface area contributed by atoms with Crippen LogP contribution in [0.15, 0.2) is 0 Å². The first-order chi connectivity index (χ1) is 5.07. The number of Topliss-reactive ketones (excluding diaryl/α,β-unsaturated/α-hetero) is 1. The van der Waals surface area contributed by atoms with Crippen LogP contribution in [0.5, 0.6) is 0 Å². The van der Waals surface area contributed by atoms with Crippen molar-refractivity contribution in [1.82, 2.24) is 0 Å². The van der Waals surface area contributed by atoms with Crippen LogP contribution in [0.25, 0.3) is 0 Å². The molecule has 3 heteroatoms. The molecule has 0 saturated heterocycles. The lowest BCUT2D eigenvalue weighted by atomic mass is 10.1. The first kappa shape index (κ1) is 10.1. The molecular formula is C8H14O3. The summed E-state index contributed by atoms with van der Waals surface area (Å²) >= 11 is 0. The van der Waals surface area contributed by atoms with Gasteiger partial charge in [0.05, 0.1) is 13.5 Å². The van der Waals surface area contributed by atoms with Gasteiger partial charge in [0.25, 0.3) is 0 Å². The highest BCUT2D eigenvalue weighted by Crippen LogP contribution is 2.01. The van der Waals surface area contributed by atoms with Crippen LogP contribution in [0.4, 0.5) is 0 Å². The first-order valence-electron chi connectivity index (χ1n) is 3.67.